The Morgan fingerprint density at radius 3 is 2.60 bits per heavy atom. The summed E-state index contributed by atoms with van der Waals surface area (Å²) in [4.78, 5) is 15.8. The van der Waals surface area contributed by atoms with E-state index >= 15 is 0 Å². The fourth-order valence-corrected chi connectivity index (χ4v) is 1.35. The van der Waals surface area contributed by atoms with Crippen LogP contribution in [0.1, 0.15) is 6.92 Å². The third-order valence-electron chi connectivity index (χ3n) is 2.14. The van der Waals surface area contributed by atoms with E-state index in [0.29, 0.717) is 19.0 Å². The minimum Gasteiger partial charge on any atom is -0.357 e. The van der Waals surface area contributed by atoms with E-state index in [1.807, 2.05) is 37.3 Å². The molecule has 1 aromatic rings. The zero-order chi connectivity index (χ0) is 13.9. The lowest BCUT2D eigenvalue weighted by molar-refractivity contribution is -0.114. The molecule has 0 fully saturated rings. The topological polar surface area (TPSA) is 65.5 Å². The predicted molar refractivity (Wildman–Crippen MR) is 93.3 cm³/mol. The van der Waals surface area contributed by atoms with Crippen LogP contribution in [-0.4, -0.2) is 31.5 Å². The third-order valence-corrected chi connectivity index (χ3v) is 2.14. The van der Waals surface area contributed by atoms with Gasteiger partial charge in [0.25, 0.3) is 0 Å². The molecule has 0 aliphatic heterocycles. The largest absolute Gasteiger partial charge is 0.357 e. The van der Waals surface area contributed by atoms with Gasteiger partial charge in [-0.15, -0.1) is 30.4 Å². The number of hydrogen-bond acceptors (Lipinski definition) is 2. The van der Waals surface area contributed by atoms with Crippen LogP contribution in [0.25, 0.3) is 0 Å². The Bertz CT molecular complexity index is 468. The molecular weight excluding hydrogens is 367 g/mol. The molecular formula is C14H19IN4O. The van der Waals surface area contributed by atoms with E-state index in [4.69, 9.17) is 6.42 Å². The maximum Gasteiger partial charge on any atom is 0.246 e. The van der Waals surface area contributed by atoms with E-state index in [1.54, 1.807) is 0 Å². The quantitative estimate of drug-likeness (QED) is 0.311. The van der Waals surface area contributed by atoms with Gasteiger partial charge < -0.3 is 16.0 Å². The average molecular weight is 386 g/mol. The number of guanidine groups is 1. The van der Waals surface area contributed by atoms with Crippen molar-refractivity contribution in [2.45, 2.75) is 6.92 Å². The molecule has 0 heterocycles. The number of amides is 1. The van der Waals surface area contributed by atoms with Gasteiger partial charge in [0, 0.05) is 12.2 Å². The highest BCUT2D eigenvalue weighted by Crippen LogP contribution is 2.04. The van der Waals surface area contributed by atoms with Gasteiger partial charge in [0.15, 0.2) is 5.96 Å². The smallest absolute Gasteiger partial charge is 0.246 e. The van der Waals surface area contributed by atoms with Crippen molar-refractivity contribution in [3.05, 3.63) is 30.3 Å². The van der Waals surface area contributed by atoms with Crippen LogP contribution in [0.4, 0.5) is 5.69 Å². The van der Waals surface area contributed by atoms with Gasteiger partial charge in [-0.3, -0.25) is 4.79 Å². The van der Waals surface area contributed by atoms with E-state index in [-0.39, 0.29) is 36.4 Å². The molecule has 0 aliphatic carbocycles. The first kappa shape index (κ1) is 18.2. The van der Waals surface area contributed by atoms with Crippen molar-refractivity contribution in [2.24, 2.45) is 4.99 Å². The summed E-state index contributed by atoms with van der Waals surface area (Å²) < 4.78 is 0. The molecule has 0 atom stereocenters. The number of anilines is 1. The van der Waals surface area contributed by atoms with Crippen LogP contribution in [0, 0.1) is 12.3 Å². The first-order valence-electron chi connectivity index (χ1n) is 6.06. The van der Waals surface area contributed by atoms with Gasteiger partial charge in [-0.2, -0.15) is 0 Å². The number of hydrogen-bond donors (Lipinski definition) is 3. The van der Waals surface area contributed by atoms with Crippen LogP contribution >= 0.6 is 24.0 Å². The summed E-state index contributed by atoms with van der Waals surface area (Å²) in [5.74, 6) is 2.81. The van der Waals surface area contributed by atoms with Gasteiger partial charge in [0.05, 0.1) is 6.54 Å². The summed E-state index contributed by atoms with van der Waals surface area (Å²) in [5.41, 5.74) is 0.754. The standard InChI is InChI=1S/C14H18N4O.HI/c1-3-10-16-14(15-4-2)17-11-13(19)18-12-8-6-5-7-9-12;/h1,5-9H,4,10-11H2,2H3,(H,18,19)(H2,15,16,17);1H. The Morgan fingerprint density at radius 2 is 2.00 bits per heavy atom. The summed E-state index contributed by atoms with van der Waals surface area (Å²) in [5, 5.41) is 8.67. The van der Waals surface area contributed by atoms with Crippen LogP contribution in [0.3, 0.4) is 0 Å². The van der Waals surface area contributed by atoms with Gasteiger partial charge in [0.2, 0.25) is 5.91 Å². The van der Waals surface area contributed by atoms with Crippen molar-refractivity contribution in [2.75, 3.05) is 25.0 Å². The number of terminal acetylenes is 1. The minimum absolute atomic E-state index is 0. The first-order valence-corrected chi connectivity index (χ1v) is 6.06. The van der Waals surface area contributed by atoms with E-state index in [9.17, 15) is 4.79 Å². The summed E-state index contributed by atoms with van der Waals surface area (Å²) in [6.45, 7) is 3.05. The highest BCUT2D eigenvalue weighted by molar-refractivity contribution is 14.0. The van der Waals surface area contributed by atoms with Crippen molar-refractivity contribution in [1.29, 1.82) is 0 Å². The molecule has 0 spiro atoms. The fraction of sp³-hybridized carbons (Fsp3) is 0.286. The number of nitrogens with zero attached hydrogens (tertiary/aromatic N) is 1. The van der Waals surface area contributed by atoms with E-state index in [0.717, 1.165) is 5.69 Å². The number of benzene rings is 1. The second-order valence-corrected chi connectivity index (χ2v) is 3.67. The Labute approximate surface area is 136 Å². The van der Waals surface area contributed by atoms with E-state index in [1.165, 1.54) is 0 Å². The summed E-state index contributed by atoms with van der Waals surface area (Å²) in [7, 11) is 0. The highest BCUT2D eigenvalue weighted by Gasteiger charge is 2.02. The Morgan fingerprint density at radius 1 is 1.30 bits per heavy atom. The molecule has 0 unspecified atom stereocenters. The van der Waals surface area contributed by atoms with Crippen molar-refractivity contribution in [3.63, 3.8) is 0 Å². The molecule has 3 N–H and O–H groups in total. The summed E-state index contributed by atoms with van der Waals surface area (Å²) in [6.07, 6.45) is 5.16. The van der Waals surface area contributed by atoms with Gasteiger partial charge in [0.1, 0.15) is 6.54 Å². The van der Waals surface area contributed by atoms with Crippen LogP contribution in [0.15, 0.2) is 35.3 Å². The van der Waals surface area contributed by atoms with Crippen molar-refractivity contribution in [3.8, 4) is 12.3 Å². The molecule has 20 heavy (non-hydrogen) atoms. The zero-order valence-electron chi connectivity index (χ0n) is 11.3. The molecule has 0 aromatic heterocycles. The number of halogens is 1. The normalized spacial score (nSPS) is 9.90. The molecule has 0 saturated heterocycles. The van der Waals surface area contributed by atoms with Gasteiger partial charge in [-0.25, -0.2) is 4.99 Å². The molecule has 0 bridgehead atoms. The van der Waals surface area contributed by atoms with Gasteiger partial charge in [-0.05, 0) is 19.1 Å². The number of para-hydroxylation sites is 1. The number of aliphatic imine (C=N–C) groups is 1. The molecule has 0 saturated carbocycles. The lowest BCUT2D eigenvalue weighted by Crippen LogP contribution is -2.38. The molecule has 0 aliphatic rings. The molecule has 1 amide bonds. The lowest BCUT2D eigenvalue weighted by Gasteiger charge is -2.08. The van der Waals surface area contributed by atoms with Crippen LogP contribution in [-0.2, 0) is 4.79 Å². The maximum atomic E-state index is 11.7. The molecule has 0 radical (unpaired) electrons. The molecule has 108 valence electrons. The monoisotopic (exact) mass is 386 g/mol. The number of carbonyl (C=O) groups excluding carboxylic acids is 1. The highest BCUT2D eigenvalue weighted by atomic mass is 127. The van der Waals surface area contributed by atoms with Gasteiger partial charge in [-0.1, -0.05) is 24.1 Å². The molecule has 5 nitrogen and oxygen atoms in total. The van der Waals surface area contributed by atoms with Gasteiger partial charge >= 0.3 is 0 Å². The number of carbonyl (C=O) groups is 1. The predicted octanol–water partition coefficient (Wildman–Crippen LogP) is 1.43. The van der Waals surface area contributed by atoms with Crippen molar-refractivity contribution in [1.82, 2.24) is 10.6 Å². The van der Waals surface area contributed by atoms with Crippen molar-refractivity contribution >= 4 is 41.5 Å². The minimum atomic E-state index is -0.177. The van der Waals surface area contributed by atoms with Crippen LogP contribution < -0.4 is 16.0 Å². The second kappa shape index (κ2) is 11.1. The number of rotatable bonds is 5. The fourth-order valence-electron chi connectivity index (χ4n) is 1.35. The Balaban J connectivity index is 0.00000361. The second-order valence-electron chi connectivity index (χ2n) is 3.67. The number of nitrogens with one attached hydrogen (secondary N) is 3. The zero-order valence-corrected chi connectivity index (χ0v) is 13.7. The molecule has 1 aromatic carbocycles. The van der Waals surface area contributed by atoms with E-state index in [2.05, 4.69) is 26.9 Å². The Kier molecular flexibility index (Phi) is 10.1. The SMILES string of the molecule is C#CCNC(=NCC(=O)Nc1ccccc1)NCC.I. The van der Waals surface area contributed by atoms with Crippen LogP contribution in [0.2, 0.25) is 0 Å². The van der Waals surface area contributed by atoms with Crippen molar-refractivity contribution < 1.29 is 4.79 Å². The average Bonchev–Trinajstić information content (AvgIpc) is 2.43. The maximum absolute atomic E-state index is 11.7. The Hall–Kier alpha value is -1.75. The lowest BCUT2D eigenvalue weighted by atomic mass is 10.3. The summed E-state index contributed by atoms with van der Waals surface area (Å²) >= 11 is 0. The summed E-state index contributed by atoms with van der Waals surface area (Å²) in [6, 6.07) is 9.25. The third kappa shape index (κ3) is 7.63. The first-order chi connectivity index (χ1) is 9.26. The van der Waals surface area contributed by atoms with E-state index < -0.39 is 0 Å². The molecule has 6 heteroatoms. The molecule has 1 rings (SSSR count). The van der Waals surface area contributed by atoms with Crippen LogP contribution in [0.5, 0.6) is 0 Å².